The van der Waals surface area contributed by atoms with Crippen molar-refractivity contribution in [2.45, 2.75) is 129 Å². The van der Waals surface area contributed by atoms with Crippen molar-refractivity contribution in [1.82, 2.24) is 5.32 Å². The minimum atomic E-state index is -1.73. The first kappa shape index (κ1) is 37.8. The zero-order valence-electron chi connectivity index (χ0n) is 25.5. The third kappa shape index (κ3) is 8.04. The summed E-state index contributed by atoms with van der Waals surface area (Å²) < 4.78 is 23.4. The maximum Gasteiger partial charge on any atom is 0.186 e. The summed E-state index contributed by atoms with van der Waals surface area (Å²) in [6, 6.07) is -4.29. The van der Waals surface area contributed by atoms with Gasteiger partial charge in [-0.2, -0.15) is 0 Å². The number of ether oxygens (including phenoxy) is 4. The molecule has 0 radical (unpaired) electrons. The van der Waals surface area contributed by atoms with E-state index in [1.807, 2.05) is 0 Å². The van der Waals surface area contributed by atoms with Gasteiger partial charge < -0.3 is 93.8 Å². The summed E-state index contributed by atoms with van der Waals surface area (Å²) >= 11 is 0. The number of hydrogen-bond donors (Lipinski definition) is 14. The highest BCUT2D eigenvalue weighted by atomic mass is 16.7. The Kier molecular flexibility index (Phi) is 12.9. The lowest BCUT2D eigenvalue weighted by molar-refractivity contribution is -0.323. The molecule has 46 heavy (non-hydrogen) atoms. The highest BCUT2D eigenvalue weighted by Crippen LogP contribution is 2.41. The molecule has 19 N–H and O–H groups in total. The van der Waals surface area contributed by atoms with Gasteiger partial charge in [0.25, 0.3) is 0 Å². The van der Waals surface area contributed by atoms with E-state index in [9.17, 15) is 45.6 Å². The van der Waals surface area contributed by atoms with E-state index in [0.29, 0.717) is 6.42 Å². The molecule has 268 valence electrons. The molecule has 0 spiro atoms. The van der Waals surface area contributed by atoms with E-state index in [4.69, 9.17) is 47.6 Å². The molecule has 4 fully saturated rings. The molecule has 19 heteroatoms. The summed E-state index contributed by atoms with van der Waals surface area (Å²) in [6.07, 6.45) is -16.2. The molecule has 0 amide bonds. The van der Waals surface area contributed by atoms with E-state index in [2.05, 4.69) is 5.32 Å². The van der Waals surface area contributed by atoms with Crippen molar-refractivity contribution in [2.24, 2.45) is 34.6 Å². The molecule has 2 heterocycles. The monoisotopic (exact) mass is 668 g/mol. The van der Waals surface area contributed by atoms with Gasteiger partial charge in [0, 0.05) is 38.0 Å². The molecule has 2 saturated carbocycles. The Bertz CT molecular complexity index is 1010. The summed E-state index contributed by atoms with van der Waals surface area (Å²) in [5.74, 6) is -1.45. The number of carbonyl (C=O) groups excluding carboxylic acids is 1. The van der Waals surface area contributed by atoms with E-state index in [-0.39, 0.29) is 38.9 Å². The molecule has 0 aromatic rings. The van der Waals surface area contributed by atoms with E-state index in [1.54, 1.807) is 0 Å². The van der Waals surface area contributed by atoms with Crippen molar-refractivity contribution in [3.63, 3.8) is 0 Å². The number of Topliss-reactive ketones (excluding diaryl/α,β-unsaturated/α-hetero) is 1. The normalized spacial score (nSPS) is 48.6. The van der Waals surface area contributed by atoms with Gasteiger partial charge in [0.1, 0.15) is 54.4 Å². The summed E-state index contributed by atoms with van der Waals surface area (Å²) in [6.45, 7) is -0.266. The van der Waals surface area contributed by atoms with E-state index >= 15 is 0 Å². The van der Waals surface area contributed by atoms with Gasteiger partial charge >= 0.3 is 0 Å². The molecule has 2 aliphatic heterocycles. The number of aliphatic hydroxyl groups excluding tert-OH is 7. The molecule has 0 aromatic heterocycles. The van der Waals surface area contributed by atoms with Crippen molar-refractivity contribution in [1.29, 1.82) is 0 Å². The number of aliphatic hydroxyl groups is 8. The van der Waals surface area contributed by atoms with Gasteiger partial charge in [-0.1, -0.05) is 0 Å². The Morgan fingerprint density at radius 1 is 0.891 bits per heavy atom. The number of nitrogens with two attached hydrogens (primary N) is 5. The van der Waals surface area contributed by atoms with Crippen LogP contribution in [0.25, 0.3) is 0 Å². The molecular weight excluding hydrogens is 616 g/mol. The molecule has 0 bridgehead atoms. The fraction of sp³-hybridized carbons (Fsp3) is 0.963. The third-order valence-corrected chi connectivity index (χ3v) is 9.54. The first-order chi connectivity index (χ1) is 21.6. The zero-order valence-corrected chi connectivity index (χ0v) is 25.5. The highest BCUT2D eigenvalue weighted by Gasteiger charge is 2.58. The standard InChI is InChI=1S/C27H52N6O13/c28-2-1-10(35)6-33-7-12-19(38)20(39)17(32)25(43-12)46-24-11(29)3-9(4-15(36)27(42)5-14(27)30)23(22(24)41)45-26-21(40)16(31)18(37)13(8-34)44-26/h9-14,16-26,33-35,37-42H,1-8,28-32H2/t9-,10?,11-,12+,13+,14?,16-,17+,18+,19+,20+,21+,22+,23-,24?,25+,26+,27?/m0/s1. The third-order valence-electron chi connectivity index (χ3n) is 9.54. The minimum Gasteiger partial charge on any atom is -0.394 e. The Morgan fingerprint density at radius 2 is 1.52 bits per heavy atom. The van der Waals surface area contributed by atoms with Crippen molar-refractivity contribution in [3.05, 3.63) is 0 Å². The van der Waals surface area contributed by atoms with Crippen molar-refractivity contribution >= 4 is 5.78 Å². The van der Waals surface area contributed by atoms with Crippen molar-refractivity contribution < 1.29 is 64.6 Å². The molecule has 18 atom stereocenters. The number of carbonyl (C=O) groups is 1. The molecule has 2 saturated heterocycles. The van der Waals surface area contributed by atoms with Crippen LogP contribution in [-0.2, 0) is 23.7 Å². The predicted octanol–water partition coefficient (Wildman–Crippen LogP) is -8.27. The zero-order chi connectivity index (χ0) is 34.1. The van der Waals surface area contributed by atoms with E-state index in [0.717, 1.165) is 0 Å². The quantitative estimate of drug-likeness (QED) is 0.0816. The first-order valence-electron chi connectivity index (χ1n) is 15.6. The lowest BCUT2D eigenvalue weighted by Crippen LogP contribution is -2.68. The van der Waals surface area contributed by atoms with Crippen molar-refractivity contribution in [2.75, 3.05) is 26.2 Å². The Balaban J connectivity index is 1.51. The van der Waals surface area contributed by atoms with Gasteiger partial charge in [0.2, 0.25) is 0 Å². The molecule has 4 unspecified atom stereocenters. The van der Waals surface area contributed by atoms with Crippen LogP contribution in [0, 0.1) is 5.92 Å². The second-order valence-corrected chi connectivity index (χ2v) is 13.0. The summed E-state index contributed by atoms with van der Waals surface area (Å²) in [5.41, 5.74) is 28.0. The number of ketones is 1. The molecule has 4 rings (SSSR count). The summed E-state index contributed by atoms with van der Waals surface area (Å²) in [5, 5.41) is 86.8. The Labute approximate surface area is 265 Å². The SMILES string of the molecule is NCCC(O)CNC[C@H]1O[C@H](OC2[C@@H](N)C[C@@H](CC(=O)C3(O)CC3N)[C@H](O[C@H]3O[C@H](CO)[C@@H](O)[C@H](N)[C@H]3O)[C@H]2O)[C@H](N)[C@@H](O)[C@@H]1O. The van der Waals surface area contributed by atoms with Crippen molar-refractivity contribution in [3.8, 4) is 0 Å². The topological polar surface area (TPSA) is 358 Å². The van der Waals surface area contributed by atoms with Crippen LogP contribution < -0.4 is 34.0 Å². The summed E-state index contributed by atoms with van der Waals surface area (Å²) in [4.78, 5) is 13.0. The highest BCUT2D eigenvalue weighted by molar-refractivity contribution is 5.91. The van der Waals surface area contributed by atoms with Gasteiger partial charge in [-0.05, 0) is 25.3 Å². The average molecular weight is 669 g/mol. The van der Waals surface area contributed by atoms with Crippen LogP contribution in [0.4, 0.5) is 0 Å². The second-order valence-electron chi connectivity index (χ2n) is 13.0. The van der Waals surface area contributed by atoms with Crippen LogP contribution in [-0.4, -0.2) is 176 Å². The lowest BCUT2D eigenvalue weighted by Gasteiger charge is -2.49. The molecule has 2 aliphatic carbocycles. The minimum absolute atomic E-state index is 0.0122. The van der Waals surface area contributed by atoms with Crippen LogP contribution in [0.5, 0.6) is 0 Å². The molecular formula is C27H52N6O13. The number of rotatable bonds is 14. The fourth-order valence-electron chi connectivity index (χ4n) is 6.39. The first-order valence-corrected chi connectivity index (χ1v) is 15.6. The van der Waals surface area contributed by atoms with Crippen LogP contribution >= 0.6 is 0 Å². The smallest absolute Gasteiger partial charge is 0.186 e. The largest absolute Gasteiger partial charge is 0.394 e. The molecule has 4 aliphatic rings. The number of hydrogen-bond acceptors (Lipinski definition) is 19. The van der Waals surface area contributed by atoms with Crippen LogP contribution in [0.3, 0.4) is 0 Å². The van der Waals surface area contributed by atoms with Crippen LogP contribution in [0.2, 0.25) is 0 Å². The van der Waals surface area contributed by atoms with Gasteiger partial charge in [-0.25, -0.2) is 0 Å². The lowest BCUT2D eigenvalue weighted by atomic mass is 9.76. The van der Waals surface area contributed by atoms with Crippen LogP contribution in [0.1, 0.15) is 25.7 Å². The van der Waals surface area contributed by atoms with Gasteiger partial charge in [0.05, 0.1) is 30.9 Å². The van der Waals surface area contributed by atoms with Gasteiger partial charge in [-0.15, -0.1) is 0 Å². The maximum absolute atomic E-state index is 13.0. The fourth-order valence-corrected chi connectivity index (χ4v) is 6.39. The summed E-state index contributed by atoms with van der Waals surface area (Å²) in [7, 11) is 0. The maximum atomic E-state index is 13.0. The molecule has 19 nitrogen and oxygen atoms in total. The van der Waals surface area contributed by atoms with Gasteiger partial charge in [0.15, 0.2) is 18.4 Å². The predicted molar refractivity (Wildman–Crippen MR) is 156 cm³/mol. The Morgan fingerprint density at radius 3 is 2.13 bits per heavy atom. The van der Waals surface area contributed by atoms with E-state index in [1.165, 1.54) is 0 Å². The van der Waals surface area contributed by atoms with Crippen LogP contribution in [0.15, 0.2) is 0 Å². The number of nitrogens with one attached hydrogen (secondary N) is 1. The second kappa shape index (κ2) is 15.7. The van der Waals surface area contributed by atoms with E-state index < -0.39 is 122 Å². The molecule has 0 aromatic carbocycles. The Hall–Kier alpha value is -1.05. The average Bonchev–Trinajstić information content (AvgIpc) is 3.64. The van der Waals surface area contributed by atoms with Gasteiger partial charge in [-0.3, -0.25) is 4.79 Å².